The number of hydrogen-bond donors (Lipinski definition) is 4. The standard InChI is InChI=1S/C23H24BN6O3/c1-24-18-14-28-30-21(13-19(29-22(18)30)17-8-2-3-9-20(17)31)26-10-5-11-27-23(32)15-6-4-7-16(12-15)33-25/h2-4,6-9,12-14,26,31H,5,10-11,25H2,1H3,(H,27,32). The lowest BCUT2D eigenvalue weighted by molar-refractivity contribution is 0.0953. The predicted octanol–water partition coefficient (Wildman–Crippen LogP) is 1.96. The van der Waals surface area contributed by atoms with Crippen molar-refractivity contribution in [2.45, 2.75) is 13.2 Å². The van der Waals surface area contributed by atoms with Gasteiger partial charge in [0.2, 0.25) is 0 Å². The second kappa shape index (κ2) is 10.1. The average Bonchev–Trinajstić information content (AvgIpc) is 3.27. The quantitative estimate of drug-likeness (QED) is 0.177. The maximum atomic E-state index is 12.3. The highest BCUT2D eigenvalue weighted by Crippen LogP contribution is 2.29. The second-order valence-corrected chi connectivity index (χ2v) is 7.35. The molecule has 1 amide bonds. The first-order chi connectivity index (χ1) is 16.1. The van der Waals surface area contributed by atoms with E-state index in [-0.39, 0.29) is 11.7 Å². The van der Waals surface area contributed by atoms with Crippen LogP contribution in [0.15, 0.2) is 60.8 Å². The van der Waals surface area contributed by atoms with Crippen LogP contribution in [0.5, 0.6) is 11.5 Å². The molecule has 2 aromatic carbocycles. The summed E-state index contributed by atoms with van der Waals surface area (Å²) in [6.45, 7) is 3.00. The van der Waals surface area contributed by atoms with Crippen LogP contribution < -0.4 is 26.8 Å². The third kappa shape index (κ3) is 4.91. The van der Waals surface area contributed by atoms with Crippen LogP contribution in [0.4, 0.5) is 5.82 Å². The van der Waals surface area contributed by atoms with Gasteiger partial charge in [0.25, 0.3) is 5.91 Å². The van der Waals surface area contributed by atoms with E-state index in [1.54, 1.807) is 47.1 Å². The second-order valence-electron chi connectivity index (χ2n) is 7.35. The van der Waals surface area contributed by atoms with E-state index in [0.717, 1.165) is 11.3 Å². The minimum atomic E-state index is -0.197. The fourth-order valence-corrected chi connectivity index (χ4v) is 3.46. The zero-order valence-corrected chi connectivity index (χ0v) is 18.2. The SMILES string of the molecule is C[B]c1cnn2c(NCCCNC(=O)c3cccc(ON)c3)cc(-c3ccccc3O)nc12. The molecule has 9 nitrogen and oxygen atoms in total. The van der Waals surface area contributed by atoms with E-state index in [9.17, 15) is 9.90 Å². The molecule has 0 saturated carbocycles. The number of anilines is 1. The lowest BCUT2D eigenvalue weighted by Crippen LogP contribution is -2.26. The van der Waals surface area contributed by atoms with Gasteiger partial charge in [-0.2, -0.15) is 15.5 Å². The van der Waals surface area contributed by atoms with Gasteiger partial charge in [-0.25, -0.2) is 4.98 Å². The predicted molar refractivity (Wildman–Crippen MR) is 128 cm³/mol. The van der Waals surface area contributed by atoms with Gasteiger partial charge in [0.05, 0.1) is 5.69 Å². The molecule has 0 bridgehead atoms. The monoisotopic (exact) mass is 443 g/mol. The van der Waals surface area contributed by atoms with E-state index < -0.39 is 0 Å². The van der Waals surface area contributed by atoms with E-state index in [0.29, 0.717) is 47.7 Å². The number of aromatic nitrogens is 3. The Morgan fingerprint density at radius 3 is 2.82 bits per heavy atom. The van der Waals surface area contributed by atoms with Gasteiger partial charge < -0.3 is 20.6 Å². The van der Waals surface area contributed by atoms with E-state index in [2.05, 4.69) is 20.6 Å². The molecule has 0 aliphatic heterocycles. The highest BCUT2D eigenvalue weighted by molar-refractivity contribution is 6.54. The normalized spacial score (nSPS) is 10.7. The number of rotatable bonds is 9. The van der Waals surface area contributed by atoms with Crippen molar-refractivity contribution in [2.75, 3.05) is 18.4 Å². The van der Waals surface area contributed by atoms with Crippen molar-refractivity contribution in [3.8, 4) is 22.8 Å². The number of nitrogens with one attached hydrogen (secondary N) is 2. The Bertz CT molecular complexity index is 1280. The Morgan fingerprint density at radius 1 is 1.18 bits per heavy atom. The van der Waals surface area contributed by atoms with Crippen molar-refractivity contribution < 1.29 is 14.7 Å². The fraction of sp³-hybridized carbons (Fsp3) is 0.174. The number of carbonyl (C=O) groups excluding carboxylic acids is 1. The Kier molecular flexibility index (Phi) is 6.75. The molecule has 4 rings (SSSR count). The van der Waals surface area contributed by atoms with Crippen LogP contribution in [-0.4, -0.2) is 46.0 Å². The van der Waals surface area contributed by atoms with Gasteiger partial charge in [0.15, 0.2) is 12.9 Å². The first-order valence-electron chi connectivity index (χ1n) is 10.6. The van der Waals surface area contributed by atoms with Crippen molar-refractivity contribution >= 4 is 30.1 Å². The molecule has 0 aliphatic rings. The molecule has 0 saturated heterocycles. The molecule has 1 radical (unpaired) electrons. The first-order valence-corrected chi connectivity index (χ1v) is 10.6. The summed E-state index contributed by atoms with van der Waals surface area (Å²) >= 11 is 0. The lowest BCUT2D eigenvalue weighted by Gasteiger charge is -2.12. The Labute approximate surface area is 191 Å². The van der Waals surface area contributed by atoms with Gasteiger partial charge in [-0.3, -0.25) is 4.79 Å². The zero-order chi connectivity index (χ0) is 23.2. The Morgan fingerprint density at radius 2 is 2.03 bits per heavy atom. The summed E-state index contributed by atoms with van der Waals surface area (Å²) in [6, 6.07) is 15.6. The van der Waals surface area contributed by atoms with E-state index in [1.807, 2.05) is 32.3 Å². The third-order valence-electron chi connectivity index (χ3n) is 5.17. The number of nitrogens with zero attached hydrogens (tertiary/aromatic N) is 3. The van der Waals surface area contributed by atoms with Crippen LogP contribution in [0, 0.1) is 0 Å². The van der Waals surface area contributed by atoms with Crippen molar-refractivity contribution in [1.82, 2.24) is 19.9 Å². The van der Waals surface area contributed by atoms with E-state index in [1.165, 1.54) is 0 Å². The van der Waals surface area contributed by atoms with Gasteiger partial charge in [-0.1, -0.05) is 25.0 Å². The summed E-state index contributed by atoms with van der Waals surface area (Å²) in [5.41, 5.74) is 3.35. The number of hydrogen-bond acceptors (Lipinski definition) is 7. The van der Waals surface area contributed by atoms with Crippen LogP contribution in [0.2, 0.25) is 6.82 Å². The highest BCUT2D eigenvalue weighted by atomic mass is 16.6. The van der Waals surface area contributed by atoms with E-state index in [4.69, 9.17) is 10.9 Å². The van der Waals surface area contributed by atoms with Gasteiger partial charge in [0, 0.05) is 36.5 Å². The van der Waals surface area contributed by atoms with Crippen molar-refractivity contribution in [3.63, 3.8) is 0 Å². The summed E-state index contributed by atoms with van der Waals surface area (Å²) in [6.07, 6.45) is 2.43. The van der Waals surface area contributed by atoms with Gasteiger partial charge in [-0.05, 0) is 42.2 Å². The van der Waals surface area contributed by atoms with Crippen molar-refractivity contribution in [1.29, 1.82) is 0 Å². The van der Waals surface area contributed by atoms with Crippen molar-refractivity contribution in [3.05, 3.63) is 66.4 Å². The molecule has 0 unspecified atom stereocenters. The number of benzene rings is 2. The van der Waals surface area contributed by atoms with Gasteiger partial charge >= 0.3 is 0 Å². The maximum Gasteiger partial charge on any atom is 0.251 e. The number of para-hydroxylation sites is 1. The molecular formula is C23H24BN6O3. The first kappa shape index (κ1) is 22.2. The maximum absolute atomic E-state index is 12.3. The number of phenolic OH excluding ortho intramolecular Hbond substituents is 1. The number of nitrogens with two attached hydrogens (primary N) is 1. The lowest BCUT2D eigenvalue weighted by atomic mass is 9.75. The number of amides is 1. The Balaban J connectivity index is 1.44. The molecule has 0 fully saturated rings. The number of fused-ring (bicyclic) bond motifs is 1. The molecule has 10 heteroatoms. The summed E-state index contributed by atoms with van der Waals surface area (Å²) in [5, 5.41) is 21.0. The summed E-state index contributed by atoms with van der Waals surface area (Å²) in [7, 11) is 1.94. The smallest absolute Gasteiger partial charge is 0.251 e. The number of aromatic hydroxyl groups is 1. The summed E-state index contributed by atoms with van der Waals surface area (Å²) in [5.74, 6) is 6.28. The molecule has 0 spiro atoms. The minimum absolute atomic E-state index is 0.161. The molecule has 167 valence electrons. The van der Waals surface area contributed by atoms with Crippen molar-refractivity contribution in [2.24, 2.45) is 5.90 Å². The minimum Gasteiger partial charge on any atom is -0.507 e. The molecule has 0 aliphatic carbocycles. The largest absolute Gasteiger partial charge is 0.507 e. The highest BCUT2D eigenvalue weighted by Gasteiger charge is 2.14. The zero-order valence-electron chi connectivity index (χ0n) is 18.2. The third-order valence-corrected chi connectivity index (χ3v) is 5.17. The molecule has 2 heterocycles. The van der Waals surface area contributed by atoms with Crippen LogP contribution in [0.25, 0.3) is 16.9 Å². The van der Waals surface area contributed by atoms with Crippen LogP contribution in [0.3, 0.4) is 0 Å². The molecule has 2 aromatic heterocycles. The Hall–Kier alpha value is -4.05. The van der Waals surface area contributed by atoms with Gasteiger partial charge in [0.1, 0.15) is 17.3 Å². The molecule has 5 N–H and O–H groups in total. The van der Waals surface area contributed by atoms with Crippen LogP contribution in [-0.2, 0) is 0 Å². The molecule has 33 heavy (non-hydrogen) atoms. The molecule has 4 aromatic rings. The average molecular weight is 443 g/mol. The molecular weight excluding hydrogens is 419 g/mol. The van der Waals surface area contributed by atoms with Gasteiger partial charge in [-0.15, -0.1) is 0 Å². The fourth-order valence-electron chi connectivity index (χ4n) is 3.46. The van der Waals surface area contributed by atoms with E-state index >= 15 is 0 Å². The summed E-state index contributed by atoms with van der Waals surface area (Å²) < 4.78 is 1.73. The van der Waals surface area contributed by atoms with Crippen LogP contribution in [0.1, 0.15) is 16.8 Å². The molecule has 0 atom stereocenters. The number of carbonyl (C=O) groups is 1. The number of phenols is 1. The summed E-state index contributed by atoms with van der Waals surface area (Å²) in [4.78, 5) is 21.7. The van der Waals surface area contributed by atoms with Crippen LogP contribution >= 0.6 is 0 Å². The topological polar surface area (TPSA) is 127 Å².